The molecule has 23 heavy (non-hydrogen) atoms. The van der Waals surface area contributed by atoms with E-state index in [9.17, 15) is 9.90 Å². The summed E-state index contributed by atoms with van der Waals surface area (Å²) in [6.07, 6.45) is 2.53. The minimum atomic E-state index is -0.292. The van der Waals surface area contributed by atoms with E-state index in [1.54, 1.807) is 11.3 Å². The number of hydrogen-bond donors (Lipinski definition) is 3. The molecule has 1 aliphatic rings. The van der Waals surface area contributed by atoms with Crippen molar-refractivity contribution in [3.8, 4) is 10.6 Å². The van der Waals surface area contributed by atoms with Crippen molar-refractivity contribution >= 4 is 33.8 Å². The second kappa shape index (κ2) is 6.94. The molecular formula is C15H20N4O2S2. The maximum atomic E-state index is 11.9. The number of rotatable bonds is 4. The van der Waals surface area contributed by atoms with Gasteiger partial charge in [0.2, 0.25) is 0 Å². The first-order valence-electron chi connectivity index (χ1n) is 7.66. The average Bonchev–Trinajstić information content (AvgIpc) is 3.18. The summed E-state index contributed by atoms with van der Waals surface area (Å²) in [6, 6.07) is -0.276. The summed E-state index contributed by atoms with van der Waals surface area (Å²) in [6.45, 7) is 4.43. The number of thiazole rings is 2. The first kappa shape index (κ1) is 16.4. The van der Waals surface area contributed by atoms with E-state index in [0.29, 0.717) is 11.7 Å². The zero-order chi connectivity index (χ0) is 16.4. The molecule has 3 rings (SSSR count). The van der Waals surface area contributed by atoms with Crippen molar-refractivity contribution in [3.05, 3.63) is 16.1 Å². The van der Waals surface area contributed by atoms with Gasteiger partial charge >= 0.3 is 6.03 Å². The molecule has 0 spiro atoms. The number of amides is 2. The summed E-state index contributed by atoms with van der Waals surface area (Å²) in [5.41, 5.74) is 1.81. The van der Waals surface area contributed by atoms with E-state index in [1.807, 2.05) is 19.2 Å². The van der Waals surface area contributed by atoms with Crippen LogP contribution in [-0.2, 0) is 0 Å². The number of urea groups is 1. The highest BCUT2D eigenvalue weighted by Crippen LogP contribution is 2.32. The Bertz CT molecular complexity index is 697. The summed E-state index contributed by atoms with van der Waals surface area (Å²) < 4.78 is 0. The maximum Gasteiger partial charge on any atom is 0.321 e. The van der Waals surface area contributed by atoms with E-state index in [2.05, 4.69) is 20.6 Å². The number of aliphatic hydroxyl groups is 1. The van der Waals surface area contributed by atoms with Crippen LogP contribution >= 0.6 is 22.7 Å². The molecule has 1 saturated carbocycles. The van der Waals surface area contributed by atoms with Gasteiger partial charge in [-0.2, -0.15) is 0 Å². The van der Waals surface area contributed by atoms with Crippen molar-refractivity contribution in [2.24, 2.45) is 5.92 Å². The van der Waals surface area contributed by atoms with E-state index in [4.69, 9.17) is 0 Å². The van der Waals surface area contributed by atoms with E-state index in [0.717, 1.165) is 40.5 Å². The quantitative estimate of drug-likeness (QED) is 0.789. The number of carbonyl (C=O) groups is 1. The summed E-state index contributed by atoms with van der Waals surface area (Å²) in [4.78, 5) is 21.8. The van der Waals surface area contributed by atoms with Gasteiger partial charge in [-0.1, -0.05) is 6.42 Å². The van der Waals surface area contributed by atoms with Crippen LogP contribution in [0.15, 0.2) is 5.38 Å². The second-order valence-electron chi connectivity index (χ2n) is 5.78. The number of anilines is 1. The number of aryl methyl sites for hydroxylation is 2. The van der Waals surface area contributed by atoms with Crippen LogP contribution in [0, 0.1) is 19.8 Å². The molecule has 3 N–H and O–H groups in total. The molecule has 0 unspecified atom stereocenters. The van der Waals surface area contributed by atoms with Gasteiger partial charge in [0.15, 0.2) is 5.13 Å². The lowest BCUT2D eigenvalue weighted by Crippen LogP contribution is -2.35. The van der Waals surface area contributed by atoms with E-state index in [-0.39, 0.29) is 18.1 Å². The molecule has 2 heterocycles. The molecule has 0 radical (unpaired) electrons. The van der Waals surface area contributed by atoms with Crippen molar-refractivity contribution in [2.45, 2.75) is 39.2 Å². The zero-order valence-electron chi connectivity index (χ0n) is 13.1. The molecule has 2 aromatic heterocycles. The topological polar surface area (TPSA) is 87.1 Å². The predicted octanol–water partition coefficient (Wildman–Crippen LogP) is 3.17. The Morgan fingerprint density at radius 2 is 2.22 bits per heavy atom. The highest BCUT2D eigenvalue weighted by Gasteiger charge is 2.25. The standard InChI is InChI=1S/C15H20N4O2S2/c1-8-13(23-9(2)17-8)11-7-22-15(18-11)19-14(21)16-6-10-4-3-5-12(10)20/h7,10,12,20H,3-6H2,1-2H3,(H2,16,18,19,21)/t10-,12-/m1/s1. The van der Waals surface area contributed by atoms with Gasteiger partial charge in [-0.3, -0.25) is 5.32 Å². The van der Waals surface area contributed by atoms with Gasteiger partial charge in [0.1, 0.15) is 0 Å². The monoisotopic (exact) mass is 352 g/mol. The fraction of sp³-hybridized carbons (Fsp3) is 0.533. The second-order valence-corrected chi connectivity index (χ2v) is 7.84. The third-order valence-electron chi connectivity index (χ3n) is 4.00. The molecule has 0 aromatic carbocycles. The lowest BCUT2D eigenvalue weighted by molar-refractivity contribution is 0.133. The largest absolute Gasteiger partial charge is 0.393 e. The molecule has 124 valence electrons. The van der Waals surface area contributed by atoms with Crippen LogP contribution in [0.5, 0.6) is 0 Å². The Morgan fingerprint density at radius 3 is 2.87 bits per heavy atom. The van der Waals surface area contributed by atoms with Gasteiger partial charge in [0.05, 0.1) is 27.4 Å². The van der Waals surface area contributed by atoms with Gasteiger partial charge in [0, 0.05) is 17.8 Å². The fourth-order valence-corrected chi connectivity index (χ4v) is 4.48. The number of carbonyl (C=O) groups excluding carboxylic acids is 1. The summed E-state index contributed by atoms with van der Waals surface area (Å²) in [5, 5.41) is 18.8. The van der Waals surface area contributed by atoms with Gasteiger partial charge in [-0.15, -0.1) is 22.7 Å². The van der Waals surface area contributed by atoms with E-state index < -0.39 is 0 Å². The lowest BCUT2D eigenvalue weighted by Gasteiger charge is -2.14. The smallest absolute Gasteiger partial charge is 0.321 e. The molecule has 2 amide bonds. The first-order chi connectivity index (χ1) is 11.0. The highest BCUT2D eigenvalue weighted by molar-refractivity contribution is 7.16. The van der Waals surface area contributed by atoms with Crippen molar-refractivity contribution in [3.63, 3.8) is 0 Å². The Hall–Kier alpha value is -1.51. The summed E-state index contributed by atoms with van der Waals surface area (Å²) in [7, 11) is 0. The normalized spacial score (nSPS) is 20.7. The molecule has 1 aliphatic carbocycles. The maximum absolute atomic E-state index is 11.9. The Morgan fingerprint density at radius 1 is 1.39 bits per heavy atom. The average molecular weight is 352 g/mol. The molecule has 8 heteroatoms. The van der Waals surface area contributed by atoms with Crippen LogP contribution in [0.1, 0.15) is 30.0 Å². The molecule has 0 bridgehead atoms. The molecule has 0 aliphatic heterocycles. The number of aromatic nitrogens is 2. The SMILES string of the molecule is Cc1nc(C)c(-c2csc(NC(=O)NC[C@H]3CCC[C@H]3O)n2)s1. The molecule has 2 aromatic rings. The van der Waals surface area contributed by atoms with Crippen molar-refractivity contribution < 1.29 is 9.90 Å². The Balaban J connectivity index is 1.56. The van der Waals surface area contributed by atoms with Crippen molar-refractivity contribution in [2.75, 3.05) is 11.9 Å². The van der Waals surface area contributed by atoms with Gasteiger partial charge in [-0.05, 0) is 26.7 Å². The Labute approximate surface area is 143 Å². The number of hydrogen-bond acceptors (Lipinski definition) is 6. The first-order valence-corrected chi connectivity index (χ1v) is 9.35. The number of nitrogens with one attached hydrogen (secondary N) is 2. The van der Waals surface area contributed by atoms with E-state index >= 15 is 0 Å². The summed E-state index contributed by atoms with van der Waals surface area (Å²) in [5.74, 6) is 0.162. The molecular weight excluding hydrogens is 332 g/mol. The van der Waals surface area contributed by atoms with Crippen LogP contribution < -0.4 is 10.6 Å². The molecule has 6 nitrogen and oxygen atoms in total. The summed E-state index contributed by atoms with van der Waals surface area (Å²) >= 11 is 3.00. The molecule has 0 saturated heterocycles. The molecule has 2 atom stereocenters. The minimum Gasteiger partial charge on any atom is -0.393 e. The predicted molar refractivity (Wildman–Crippen MR) is 93.1 cm³/mol. The van der Waals surface area contributed by atoms with Crippen LogP contribution in [-0.4, -0.2) is 33.8 Å². The van der Waals surface area contributed by atoms with Gasteiger partial charge in [-0.25, -0.2) is 14.8 Å². The highest BCUT2D eigenvalue weighted by atomic mass is 32.1. The zero-order valence-corrected chi connectivity index (χ0v) is 14.8. The van der Waals surface area contributed by atoms with Gasteiger partial charge < -0.3 is 10.4 Å². The number of nitrogens with zero attached hydrogens (tertiary/aromatic N) is 2. The third kappa shape index (κ3) is 3.88. The van der Waals surface area contributed by atoms with Crippen molar-refractivity contribution in [1.29, 1.82) is 0 Å². The van der Waals surface area contributed by atoms with Gasteiger partial charge in [0.25, 0.3) is 0 Å². The van der Waals surface area contributed by atoms with Crippen LogP contribution in [0.3, 0.4) is 0 Å². The van der Waals surface area contributed by atoms with E-state index in [1.165, 1.54) is 11.3 Å². The third-order valence-corrected chi connectivity index (χ3v) is 5.86. The lowest BCUT2D eigenvalue weighted by atomic mass is 10.1. The molecule has 1 fully saturated rings. The van der Waals surface area contributed by atoms with Crippen LogP contribution in [0.25, 0.3) is 10.6 Å². The van der Waals surface area contributed by atoms with Crippen molar-refractivity contribution in [1.82, 2.24) is 15.3 Å². The Kier molecular flexibility index (Phi) is 4.93. The van der Waals surface area contributed by atoms with Crippen LogP contribution in [0.4, 0.5) is 9.93 Å². The van der Waals surface area contributed by atoms with Crippen LogP contribution in [0.2, 0.25) is 0 Å². The number of aliphatic hydroxyl groups excluding tert-OH is 1. The fourth-order valence-electron chi connectivity index (χ4n) is 2.82. The minimum absolute atomic E-state index is 0.162.